The number of anilines is 2. The third-order valence-corrected chi connectivity index (χ3v) is 4.23. The number of amides is 2. The largest absolute Gasteiger partial charge is 0.453 e. The van der Waals surface area contributed by atoms with Crippen LogP contribution in [0.3, 0.4) is 0 Å². The Morgan fingerprint density at radius 1 is 1.15 bits per heavy atom. The molecule has 2 rings (SSSR count). The highest BCUT2D eigenvalue weighted by Gasteiger charge is 2.16. The molecule has 0 spiro atoms. The number of carbonyl (C=O) groups excluding carboxylic acids is 2. The van der Waals surface area contributed by atoms with Crippen LogP contribution in [-0.2, 0) is 16.0 Å². The summed E-state index contributed by atoms with van der Waals surface area (Å²) < 4.78 is 18.1. The lowest BCUT2D eigenvalue weighted by Crippen LogP contribution is -2.22. The average molecular weight is 399 g/mol. The van der Waals surface area contributed by atoms with Crippen molar-refractivity contribution in [3.63, 3.8) is 0 Å². The first-order valence-electron chi connectivity index (χ1n) is 7.69. The normalized spacial score (nSPS) is 11.6. The second-order valence-corrected chi connectivity index (χ2v) is 6.48. The van der Waals surface area contributed by atoms with Gasteiger partial charge in [-0.1, -0.05) is 36.2 Å². The Bertz CT molecular complexity index is 830. The molecule has 0 fully saturated rings. The smallest absolute Gasteiger partial charge is 0.411 e. The molecule has 2 aromatic rings. The molecule has 0 aliphatic rings. The molecule has 2 amide bonds. The highest BCUT2D eigenvalue weighted by molar-refractivity contribution is 6.35. The molecule has 0 radical (unpaired) electrons. The zero-order valence-corrected chi connectivity index (χ0v) is 15.6. The van der Waals surface area contributed by atoms with Crippen LogP contribution in [0.15, 0.2) is 36.4 Å². The molecule has 8 heteroatoms. The number of hydrogen-bond donors (Lipinski definition) is 2. The van der Waals surface area contributed by atoms with Gasteiger partial charge in [-0.15, -0.1) is 0 Å². The fraction of sp³-hybridized carbons (Fsp3) is 0.222. The van der Waals surface area contributed by atoms with E-state index >= 15 is 0 Å². The minimum absolute atomic E-state index is 0.0944. The summed E-state index contributed by atoms with van der Waals surface area (Å²) in [4.78, 5) is 23.6. The van der Waals surface area contributed by atoms with Crippen molar-refractivity contribution in [1.29, 1.82) is 0 Å². The van der Waals surface area contributed by atoms with Crippen LogP contribution in [0.5, 0.6) is 0 Å². The number of hydrogen-bond acceptors (Lipinski definition) is 3. The molecule has 0 bridgehead atoms. The number of methoxy groups -OCH3 is 1. The third kappa shape index (κ3) is 5.34. The second kappa shape index (κ2) is 8.87. The molecule has 26 heavy (non-hydrogen) atoms. The molecule has 0 heterocycles. The maximum Gasteiger partial charge on any atom is 0.411 e. The second-order valence-electron chi connectivity index (χ2n) is 5.64. The van der Waals surface area contributed by atoms with Crippen molar-refractivity contribution in [2.75, 3.05) is 17.7 Å². The van der Waals surface area contributed by atoms with Crippen LogP contribution in [0.1, 0.15) is 12.5 Å². The van der Waals surface area contributed by atoms with E-state index in [1.54, 1.807) is 25.1 Å². The number of halogens is 3. The van der Waals surface area contributed by atoms with Crippen molar-refractivity contribution < 1.29 is 18.7 Å². The van der Waals surface area contributed by atoms with Crippen LogP contribution in [0.25, 0.3) is 0 Å². The van der Waals surface area contributed by atoms with E-state index < -0.39 is 17.8 Å². The first kappa shape index (κ1) is 20.0. The van der Waals surface area contributed by atoms with E-state index in [-0.39, 0.29) is 11.6 Å². The van der Waals surface area contributed by atoms with Gasteiger partial charge in [-0.2, -0.15) is 0 Å². The maximum absolute atomic E-state index is 13.7. The van der Waals surface area contributed by atoms with E-state index in [4.69, 9.17) is 23.2 Å². The van der Waals surface area contributed by atoms with Crippen molar-refractivity contribution in [2.45, 2.75) is 13.3 Å². The summed E-state index contributed by atoms with van der Waals surface area (Å²) in [7, 11) is 1.17. The zero-order valence-electron chi connectivity index (χ0n) is 14.1. The van der Waals surface area contributed by atoms with Crippen molar-refractivity contribution in [2.24, 2.45) is 5.92 Å². The Kier molecular flexibility index (Phi) is 6.83. The Balaban J connectivity index is 2.06. The van der Waals surface area contributed by atoms with Gasteiger partial charge in [-0.25, -0.2) is 9.18 Å². The standard InChI is InChI=1S/C18H17Cl2FN2O3/c1-10(7-11-3-4-12(19)8-14(11)20)17(24)22-13-5-6-15(21)16(9-13)23-18(25)26-2/h3-6,8-10H,7H2,1-2H3,(H,22,24)(H,23,25). The Labute approximate surface area is 160 Å². The van der Waals surface area contributed by atoms with Crippen LogP contribution >= 0.6 is 23.2 Å². The minimum Gasteiger partial charge on any atom is -0.453 e. The van der Waals surface area contributed by atoms with Gasteiger partial charge in [0.25, 0.3) is 0 Å². The summed E-state index contributed by atoms with van der Waals surface area (Å²) in [5, 5.41) is 5.93. The monoisotopic (exact) mass is 398 g/mol. The quantitative estimate of drug-likeness (QED) is 0.733. The summed E-state index contributed by atoms with van der Waals surface area (Å²) >= 11 is 12.0. The molecule has 5 nitrogen and oxygen atoms in total. The van der Waals surface area contributed by atoms with Gasteiger partial charge in [0.15, 0.2) is 0 Å². The number of benzene rings is 2. The zero-order chi connectivity index (χ0) is 19.3. The Hall–Kier alpha value is -2.31. The average Bonchev–Trinajstić information content (AvgIpc) is 2.60. The summed E-state index contributed by atoms with van der Waals surface area (Å²) in [6.07, 6.45) is -0.394. The van der Waals surface area contributed by atoms with Gasteiger partial charge in [0.05, 0.1) is 12.8 Å². The van der Waals surface area contributed by atoms with Gasteiger partial charge < -0.3 is 10.1 Å². The molecule has 0 aliphatic heterocycles. The summed E-state index contributed by atoms with van der Waals surface area (Å²) in [5.41, 5.74) is 1.05. The molecule has 2 N–H and O–H groups in total. The minimum atomic E-state index is -0.807. The van der Waals surface area contributed by atoms with Crippen molar-refractivity contribution in [3.8, 4) is 0 Å². The SMILES string of the molecule is COC(=O)Nc1cc(NC(=O)C(C)Cc2ccc(Cl)cc2Cl)ccc1F. The number of carbonyl (C=O) groups is 2. The van der Waals surface area contributed by atoms with Crippen molar-refractivity contribution >= 4 is 46.6 Å². The Morgan fingerprint density at radius 3 is 2.54 bits per heavy atom. The van der Waals surface area contributed by atoms with E-state index in [9.17, 15) is 14.0 Å². The van der Waals surface area contributed by atoms with Crippen LogP contribution in [-0.4, -0.2) is 19.1 Å². The molecule has 2 aromatic carbocycles. The molecule has 0 saturated heterocycles. The summed E-state index contributed by atoms with van der Waals surface area (Å²) in [5.74, 6) is -1.31. The van der Waals surface area contributed by atoms with E-state index in [0.717, 1.165) is 11.6 Å². The molecular formula is C18H17Cl2FN2O3. The van der Waals surface area contributed by atoms with Crippen molar-refractivity contribution in [1.82, 2.24) is 0 Å². The van der Waals surface area contributed by atoms with Crippen LogP contribution in [0.2, 0.25) is 10.0 Å². The van der Waals surface area contributed by atoms with E-state index in [2.05, 4.69) is 15.4 Å². The predicted molar refractivity (Wildman–Crippen MR) is 100 cm³/mol. The lowest BCUT2D eigenvalue weighted by Gasteiger charge is -2.14. The highest BCUT2D eigenvalue weighted by atomic mass is 35.5. The topological polar surface area (TPSA) is 67.4 Å². The van der Waals surface area contributed by atoms with Gasteiger partial charge in [0, 0.05) is 21.7 Å². The molecular weight excluding hydrogens is 382 g/mol. The lowest BCUT2D eigenvalue weighted by molar-refractivity contribution is -0.119. The Morgan fingerprint density at radius 2 is 1.88 bits per heavy atom. The van der Waals surface area contributed by atoms with Gasteiger partial charge in [0.1, 0.15) is 5.82 Å². The van der Waals surface area contributed by atoms with Gasteiger partial charge in [0.2, 0.25) is 5.91 Å². The molecule has 0 aliphatic carbocycles. The fourth-order valence-corrected chi connectivity index (χ4v) is 2.72. The molecule has 1 unspecified atom stereocenters. The summed E-state index contributed by atoms with van der Waals surface area (Å²) in [6, 6.07) is 8.95. The molecule has 138 valence electrons. The molecule has 1 atom stereocenters. The van der Waals surface area contributed by atoms with Gasteiger partial charge in [-0.3, -0.25) is 10.1 Å². The van der Waals surface area contributed by atoms with Gasteiger partial charge in [-0.05, 0) is 42.3 Å². The van der Waals surface area contributed by atoms with Crippen LogP contribution in [0, 0.1) is 11.7 Å². The third-order valence-electron chi connectivity index (χ3n) is 3.64. The first-order chi connectivity index (χ1) is 12.3. The van der Waals surface area contributed by atoms with Crippen molar-refractivity contribution in [3.05, 3.63) is 57.8 Å². The highest BCUT2D eigenvalue weighted by Crippen LogP contribution is 2.25. The van der Waals surface area contributed by atoms with E-state index in [1.165, 1.54) is 19.2 Å². The number of nitrogens with one attached hydrogen (secondary N) is 2. The molecule has 0 aromatic heterocycles. The summed E-state index contributed by atoms with van der Waals surface area (Å²) in [6.45, 7) is 1.75. The van der Waals surface area contributed by atoms with Crippen LogP contribution in [0.4, 0.5) is 20.6 Å². The number of rotatable bonds is 5. The predicted octanol–water partition coefficient (Wildman–Crippen LogP) is 5.13. The first-order valence-corrected chi connectivity index (χ1v) is 8.45. The van der Waals surface area contributed by atoms with Crippen LogP contribution < -0.4 is 10.6 Å². The molecule has 0 saturated carbocycles. The lowest BCUT2D eigenvalue weighted by atomic mass is 10.00. The maximum atomic E-state index is 13.7. The fourth-order valence-electron chi connectivity index (χ4n) is 2.24. The van der Waals surface area contributed by atoms with Gasteiger partial charge >= 0.3 is 6.09 Å². The number of ether oxygens (including phenoxy) is 1. The van der Waals surface area contributed by atoms with E-state index in [0.29, 0.717) is 22.2 Å². The van der Waals surface area contributed by atoms with E-state index in [1.807, 2.05) is 0 Å².